The van der Waals surface area contributed by atoms with Gasteiger partial charge in [-0.25, -0.2) is 17.5 Å². The van der Waals surface area contributed by atoms with Crippen LogP contribution in [-0.2, 0) is 21.3 Å². The lowest BCUT2D eigenvalue weighted by molar-refractivity contribution is -0.309. The van der Waals surface area contributed by atoms with Gasteiger partial charge in [-0.15, -0.1) is 0 Å². The number of piperidine rings is 1. The molecule has 8 nitrogen and oxygen atoms in total. The summed E-state index contributed by atoms with van der Waals surface area (Å²) in [5.41, 5.74) is 1.25. The van der Waals surface area contributed by atoms with Crippen LogP contribution in [0.1, 0.15) is 37.7 Å². The van der Waals surface area contributed by atoms with Gasteiger partial charge in [0.2, 0.25) is 10.0 Å². The Morgan fingerprint density at radius 2 is 1.57 bits per heavy atom. The molecule has 0 unspecified atom stereocenters. The number of amides is 1. The second-order valence-corrected chi connectivity index (χ2v) is 14.5. The van der Waals surface area contributed by atoms with E-state index in [1.165, 1.54) is 6.26 Å². The summed E-state index contributed by atoms with van der Waals surface area (Å²) in [5.74, 6) is 0. The maximum Gasteiger partial charge on any atom is 0.434 e. The van der Waals surface area contributed by atoms with Crippen molar-refractivity contribution in [3.63, 3.8) is 0 Å². The number of sulfonamides is 1. The van der Waals surface area contributed by atoms with Crippen LogP contribution < -0.4 is 4.90 Å². The molecule has 1 aromatic rings. The molecular formula is C26H33ClF6N4O4S. The van der Waals surface area contributed by atoms with Gasteiger partial charge in [0, 0.05) is 56.5 Å². The van der Waals surface area contributed by atoms with Crippen LogP contribution in [-0.4, -0.2) is 105 Å². The van der Waals surface area contributed by atoms with Gasteiger partial charge in [0.25, 0.3) is 6.10 Å². The SMILES string of the molecule is CS(=O)(=O)N1CCC2(CCN(c3cc(Cl)cc(CN4CCCC45CN(C(=O)OC(C(F)(F)F)C(F)(F)F)C5)c3)CC2)C1. The highest BCUT2D eigenvalue weighted by molar-refractivity contribution is 7.88. The van der Waals surface area contributed by atoms with Crippen molar-refractivity contribution in [2.24, 2.45) is 5.41 Å². The molecule has 16 heteroatoms. The highest BCUT2D eigenvalue weighted by Gasteiger charge is 2.61. The van der Waals surface area contributed by atoms with E-state index in [9.17, 15) is 39.6 Å². The van der Waals surface area contributed by atoms with E-state index in [2.05, 4.69) is 14.5 Å². The van der Waals surface area contributed by atoms with Gasteiger partial charge in [-0.1, -0.05) is 11.6 Å². The maximum absolute atomic E-state index is 12.8. The van der Waals surface area contributed by atoms with Crippen LogP contribution in [0.2, 0.25) is 5.02 Å². The minimum Gasteiger partial charge on any atom is -0.426 e. The Bertz CT molecular complexity index is 1280. The van der Waals surface area contributed by atoms with E-state index in [1.54, 1.807) is 4.31 Å². The fourth-order valence-electron chi connectivity index (χ4n) is 6.84. The third-order valence-corrected chi connectivity index (χ3v) is 10.6. The number of benzene rings is 1. The molecule has 0 atom stereocenters. The summed E-state index contributed by atoms with van der Waals surface area (Å²) in [4.78, 5) is 17.4. The van der Waals surface area contributed by atoms with Gasteiger partial charge < -0.3 is 14.5 Å². The molecular weight excluding hydrogens is 614 g/mol. The van der Waals surface area contributed by atoms with Crippen molar-refractivity contribution in [3.8, 4) is 0 Å². The van der Waals surface area contributed by atoms with Crippen molar-refractivity contribution in [2.75, 3.05) is 57.0 Å². The second kappa shape index (κ2) is 10.9. The third kappa shape index (κ3) is 6.43. The lowest BCUT2D eigenvalue weighted by atomic mass is 9.78. The number of carbonyl (C=O) groups excluding carboxylic acids is 1. The lowest BCUT2D eigenvalue weighted by Gasteiger charge is -2.52. The highest BCUT2D eigenvalue weighted by atomic mass is 35.5. The van der Waals surface area contributed by atoms with Crippen LogP contribution in [0.15, 0.2) is 18.2 Å². The minimum atomic E-state index is -5.76. The number of halogens is 7. The molecule has 4 aliphatic heterocycles. The Kier molecular flexibility index (Phi) is 8.15. The molecule has 0 aliphatic carbocycles. The van der Waals surface area contributed by atoms with Crippen molar-refractivity contribution in [1.29, 1.82) is 0 Å². The minimum absolute atomic E-state index is 0.0274. The van der Waals surface area contributed by atoms with Crippen LogP contribution in [0, 0.1) is 5.41 Å². The molecule has 0 bridgehead atoms. The molecule has 5 rings (SSSR count). The van der Waals surface area contributed by atoms with Crippen molar-refractivity contribution >= 4 is 33.4 Å². The van der Waals surface area contributed by atoms with Gasteiger partial charge >= 0.3 is 18.4 Å². The van der Waals surface area contributed by atoms with Crippen molar-refractivity contribution < 1.29 is 44.3 Å². The summed E-state index contributed by atoms with van der Waals surface area (Å²) in [6.07, 6.45) is -12.1. The predicted octanol–water partition coefficient (Wildman–Crippen LogP) is 4.87. The number of hydrogen-bond acceptors (Lipinski definition) is 6. The molecule has 4 fully saturated rings. The summed E-state index contributed by atoms with van der Waals surface area (Å²) >= 11 is 6.48. The Balaban J connectivity index is 1.20. The van der Waals surface area contributed by atoms with E-state index < -0.39 is 40.1 Å². The average Bonchev–Trinajstić information content (AvgIpc) is 3.45. The van der Waals surface area contributed by atoms with E-state index >= 15 is 0 Å². The zero-order chi connectivity index (χ0) is 30.7. The Morgan fingerprint density at radius 3 is 2.14 bits per heavy atom. The Labute approximate surface area is 245 Å². The first kappa shape index (κ1) is 31.5. The van der Waals surface area contributed by atoms with Crippen LogP contribution in [0.5, 0.6) is 0 Å². The summed E-state index contributed by atoms with van der Waals surface area (Å²) in [6.45, 7) is 3.62. The predicted molar refractivity (Wildman–Crippen MR) is 143 cm³/mol. The summed E-state index contributed by atoms with van der Waals surface area (Å²) in [5, 5.41) is 0.532. The first-order chi connectivity index (χ1) is 19.4. The molecule has 0 N–H and O–H groups in total. The summed E-state index contributed by atoms with van der Waals surface area (Å²) < 4.78 is 106. The van der Waals surface area contributed by atoms with Gasteiger partial charge in [-0.2, -0.15) is 26.3 Å². The van der Waals surface area contributed by atoms with Crippen LogP contribution in [0.25, 0.3) is 0 Å². The number of hydrogen-bond donors (Lipinski definition) is 0. The molecule has 0 saturated carbocycles. The normalized spacial score (nSPS) is 23.3. The lowest BCUT2D eigenvalue weighted by Crippen LogP contribution is -2.69. The van der Waals surface area contributed by atoms with Gasteiger partial charge in [0.1, 0.15) is 0 Å². The summed E-state index contributed by atoms with van der Waals surface area (Å²) in [7, 11) is -3.22. The number of alkyl halides is 6. The number of ether oxygens (including phenoxy) is 1. The second-order valence-electron chi connectivity index (χ2n) is 12.1. The quantitative estimate of drug-likeness (QED) is 0.425. The smallest absolute Gasteiger partial charge is 0.426 e. The number of anilines is 1. The van der Waals surface area contributed by atoms with E-state index in [-0.39, 0.29) is 18.5 Å². The zero-order valence-electron chi connectivity index (χ0n) is 23.0. The van der Waals surface area contributed by atoms with E-state index in [1.807, 2.05) is 18.2 Å². The molecule has 2 spiro atoms. The first-order valence-electron chi connectivity index (χ1n) is 13.7. The van der Waals surface area contributed by atoms with Gasteiger partial charge in [0.15, 0.2) is 0 Å². The fraction of sp³-hybridized carbons (Fsp3) is 0.731. The molecule has 236 valence electrons. The number of nitrogens with zero attached hydrogens (tertiary/aromatic N) is 4. The molecule has 0 aromatic heterocycles. The molecule has 42 heavy (non-hydrogen) atoms. The molecule has 0 radical (unpaired) electrons. The first-order valence-corrected chi connectivity index (χ1v) is 16.0. The average molecular weight is 647 g/mol. The maximum atomic E-state index is 12.8. The standard InChI is InChI=1S/C26H33ClF6N4O4S/c1-42(39,40)37-10-6-23(15-37)4-8-34(9-5-23)20-12-18(11-19(27)13-20)14-36-7-2-3-24(36)16-35(17-24)22(38)41-21(25(28,29)30)26(31,32)33/h11-13,21H,2-10,14-17H2,1H3. The molecule has 4 saturated heterocycles. The van der Waals surface area contributed by atoms with Crippen LogP contribution in [0.3, 0.4) is 0 Å². The number of likely N-dealkylation sites (tertiary alicyclic amines) is 2. The van der Waals surface area contributed by atoms with Crippen LogP contribution >= 0.6 is 11.6 Å². The topological polar surface area (TPSA) is 73.4 Å². The molecule has 1 amide bonds. The van der Waals surface area contributed by atoms with E-state index in [4.69, 9.17) is 11.6 Å². The molecule has 1 aromatic carbocycles. The van der Waals surface area contributed by atoms with Gasteiger partial charge in [0.05, 0.1) is 11.8 Å². The Morgan fingerprint density at radius 1 is 0.952 bits per heavy atom. The van der Waals surface area contributed by atoms with Crippen molar-refractivity contribution in [1.82, 2.24) is 14.1 Å². The third-order valence-electron chi connectivity index (χ3n) is 9.16. The molecule has 4 aliphatic rings. The largest absolute Gasteiger partial charge is 0.434 e. The zero-order valence-corrected chi connectivity index (χ0v) is 24.6. The summed E-state index contributed by atoms with van der Waals surface area (Å²) in [6, 6.07) is 5.72. The number of carbonyl (C=O) groups is 1. The van der Waals surface area contributed by atoms with Crippen LogP contribution in [0.4, 0.5) is 36.8 Å². The van der Waals surface area contributed by atoms with E-state index in [0.29, 0.717) is 37.6 Å². The Hall–Kier alpha value is -1.97. The van der Waals surface area contributed by atoms with Gasteiger partial charge in [-0.05, 0) is 67.8 Å². The number of rotatable bonds is 5. The highest BCUT2D eigenvalue weighted by Crippen LogP contribution is 2.44. The van der Waals surface area contributed by atoms with Gasteiger partial charge in [-0.3, -0.25) is 4.90 Å². The monoisotopic (exact) mass is 646 g/mol. The van der Waals surface area contributed by atoms with E-state index in [0.717, 1.165) is 54.9 Å². The van der Waals surface area contributed by atoms with Crippen molar-refractivity contribution in [2.45, 2.75) is 62.6 Å². The van der Waals surface area contributed by atoms with Crippen molar-refractivity contribution in [3.05, 3.63) is 28.8 Å². The fourth-order valence-corrected chi connectivity index (χ4v) is 8.02. The molecule has 4 heterocycles.